The van der Waals surface area contributed by atoms with Gasteiger partial charge in [-0.2, -0.15) is 4.98 Å². The maximum atomic E-state index is 13.1. The van der Waals surface area contributed by atoms with Crippen LogP contribution in [-0.2, 0) is 27.8 Å². The summed E-state index contributed by atoms with van der Waals surface area (Å²) in [5.41, 5.74) is 1.66. The van der Waals surface area contributed by atoms with Crippen LogP contribution in [-0.4, -0.2) is 31.1 Å². The third-order valence-corrected chi connectivity index (χ3v) is 6.59. The second kappa shape index (κ2) is 8.20. The van der Waals surface area contributed by atoms with E-state index in [-0.39, 0.29) is 34.7 Å². The van der Waals surface area contributed by atoms with Gasteiger partial charge in [0.2, 0.25) is 5.89 Å². The van der Waals surface area contributed by atoms with Gasteiger partial charge in [-0.05, 0) is 24.1 Å². The van der Waals surface area contributed by atoms with E-state index in [1.54, 1.807) is 19.1 Å². The number of ether oxygens (including phenoxy) is 1. The fraction of sp³-hybridized carbons (Fsp3) is 0.250. The van der Waals surface area contributed by atoms with Gasteiger partial charge >= 0.3 is 0 Å². The second-order valence-electron chi connectivity index (χ2n) is 6.86. The lowest BCUT2D eigenvalue weighted by molar-refractivity contribution is -0.121. The van der Waals surface area contributed by atoms with E-state index in [1.165, 1.54) is 17.0 Å². The highest BCUT2D eigenvalue weighted by Crippen LogP contribution is 2.39. The molecule has 2 heterocycles. The van der Waals surface area contributed by atoms with Gasteiger partial charge < -0.3 is 9.26 Å². The number of hydrogen-bond acceptors (Lipinski definition) is 7. The average Bonchev–Trinajstić information content (AvgIpc) is 3.15. The first-order valence-electron chi connectivity index (χ1n) is 9.45. The van der Waals surface area contributed by atoms with E-state index in [9.17, 15) is 13.2 Å². The Morgan fingerprint density at radius 3 is 2.74 bits per heavy atom. The molecule has 1 aromatic heterocycles. The number of aryl methyl sites for hydroxylation is 2. The van der Waals surface area contributed by atoms with E-state index in [0.29, 0.717) is 29.5 Å². The van der Waals surface area contributed by atoms with E-state index >= 15 is 0 Å². The molecular weight excluding hydrogens is 444 g/mol. The number of aromatic nitrogens is 2. The van der Waals surface area contributed by atoms with Crippen molar-refractivity contribution in [3.05, 3.63) is 58.7 Å². The normalized spacial score (nSPS) is 13.6. The summed E-state index contributed by atoms with van der Waals surface area (Å²) in [6, 6.07) is 9.83. The molecule has 11 heteroatoms. The van der Waals surface area contributed by atoms with Gasteiger partial charge in [0.1, 0.15) is 10.6 Å². The maximum Gasteiger partial charge on any atom is 0.265 e. The summed E-state index contributed by atoms with van der Waals surface area (Å²) < 4.78 is 39.1. The molecule has 31 heavy (non-hydrogen) atoms. The Morgan fingerprint density at radius 1 is 1.26 bits per heavy atom. The number of rotatable bonds is 6. The predicted octanol–water partition coefficient (Wildman–Crippen LogP) is 3.32. The average molecular weight is 463 g/mol. The summed E-state index contributed by atoms with van der Waals surface area (Å²) in [5, 5.41) is 3.75. The van der Waals surface area contributed by atoms with Crippen molar-refractivity contribution in [2.24, 2.45) is 0 Å². The molecule has 0 bridgehead atoms. The molecule has 0 atom stereocenters. The van der Waals surface area contributed by atoms with Crippen LogP contribution in [0.2, 0.25) is 5.02 Å². The van der Waals surface area contributed by atoms with Crippen LogP contribution in [0, 0.1) is 6.92 Å². The van der Waals surface area contributed by atoms with Crippen LogP contribution in [0.1, 0.15) is 24.2 Å². The second-order valence-corrected chi connectivity index (χ2v) is 8.92. The van der Waals surface area contributed by atoms with Crippen molar-refractivity contribution < 1.29 is 22.5 Å². The molecule has 1 N–H and O–H groups in total. The van der Waals surface area contributed by atoms with Crippen LogP contribution in [0.5, 0.6) is 5.75 Å². The number of benzene rings is 2. The zero-order valence-corrected chi connectivity index (χ0v) is 18.3. The van der Waals surface area contributed by atoms with E-state index in [0.717, 1.165) is 5.56 Å². The van der Waals surface area contributed by atoms with E-state index in [4.69, 9.17) is 20.9 Å². The molecule has 0 unspecified atom stereocenters. The van der Waals surface area contributed by atoms with Crippen LogP contribution in [0.3, 0.4) is 0 Å². The lowest BCUT2D eigenvalue weighted by Crippen LogP contribution is -2.38. The Balaban J connectivity index is 1.69. The van der Waals surface area contributed by atoms with Gasteiger partial charge in [-0.25, -0.2) is 8.42 Å². The Bertz CT molecular complexity index is 1260. The summed E-state index contributed by atoms with van der Waals surface area (Å²) in [6.07, 6.45) is 0.659. The monoisotopic (exact) mass is 462 g/mol. The SMILES string of the molecule is CCc1ccccc1NS(=O)(=O)c1cc2c(cc1Cl)N(Cc1noc(C)n1)C(=O)CO2. The molecule has 4 rings (SSSR count). The number of nitrogens with zero attached hydrogens (tertiary/aromatic N) is 3. The number of fused-ring (bicyclic) bond motifs is 1. The third-order valence-electron chi connectivity index (χ3n) is 4.76. The highest BCUT2D eigenvalue weighted by Gasteiger charge is 2.31. The number of anilines is 2. The number of hydrogen-bond donors (Lipinski definition) is 1. The summed E-state index contributed by atoms with van der Waals surface area (Å²) in [7, 11) is -4.00. The highest BCUT2D eigenvalue weighted by atomic mass is 35.5. The number of carbonyl (C=O) groups excluding carboxylic acids is 1. The minimum atomic E-state index is -4.00. The largest absolute Gasteiger partial charge is 0.482 e. The van der Waals surface area contributed by atoms with Crippen molar-refractivity contribution in [1.82, 2.24) is 10.1 Å². The van der Waals surface area contributed by atoms with Gasteiger partial charge in [0, 0.05) is 13.0 Å². The van der Waals surface area contributed by atoms with Crippen LogP contribution >= 0.6 is 11.6 Å². The molecule has 1 amide bonds. The van der Waals surface area contributed by atoms with Gasteiger partial charge in [-0.15, -0.1) is 0 Å². The minimum Gasteiger partial charge on any atom is -0.482 e. The van der Waals surface area contributed by atoms with E-state index < -0.39 is 10.0 Å². The summed E-state index contributed by atoms with van der Waals surface area (Å²) in [5.74, 6) is 0.559. The number of sulfonamides is 1. The molecule has 0 saturated carbocycles. The molecule has 0 radical (unpaired) electrons. The van der Waals surface area contributed by atoms with Gasteiger partial charge in [-0.1, -0.05) is 41.9 Å². The molecule has 0 saturated heterocycles. The zero-order chi connectivity index (χ0) is 22.2. The zero-order valence-electron chi connectivity index (χ0n) is 16.8. The van der Waals surface area contributed by atoms with Crippen molar-refractivity contribution in [3.8, 4) is 5.75 Å². The Kier molecular flexibility index (Phi) is 5.59. The van der Waals surface area contributed by atoms with Crippen molar-refractivity contribution in [2.45, 2.75) is 31.7 Å². The summed E-state index contributed by atoms with van der Waals surface area (Å²) in [6.45, 7) is 3.36. The molecule has 0 spiro atoms. The molecule has 2 aromatic carbocycles. The first-order valence-corrected chi connectivity index (χ1v) is 11.3. The standard InChI is InChI=1S/C20H19ClN4O5S/c1-3-13-6-4-5-7-15(13)24-31(27,28)18-9-17-16(8-14(18)21)25(20(26)11-29-17)10-19-22-12(2)30-23-19/h4-9,24H,3,10-11H2,1-2H3. The van der Waals surface area contributed by atoms with Gasteiger partial charge in [0.15, 0.2) is 12.4 Å². The molecule has 162 valence electrons. The number of nitrogens with one attached hydrogen (secondary N) is 1. The van der Waals surface area contributed by atoms with Crippen molar-refractivity contribution in [1.29, 1.82) is 0 Å². The van der Waals surface area contributed by atoms with E-state index in [2.05, 4.69) is 14.9 Å². The topological polar surface area (TPSA) is 115 Å². The Hall–Kier alpha value is -3.11. The summed E-state index contributed by atoms with van der Waals surface area (Å²) in [4.78, 5) is 17.7. The predicted molar refractivity (Wildman–Crippen MR) is 114 cm³/mol. The molecule has 1 aliphatic rings. The van der Waals surface area contributed by atoms with Crippen molar-refractivity contribution >= 4 is 38.9 Å². The maximum absolute atomic E-state index is 13.1. The van der Waals surface area contributed by atoms with Crippen molar-refractivity contribution in [3.63, 3.8) is 0 Å². The first kappa shape index (κ1) is 21.1. The molecule has 0 fully saturated rings. The van der Waals surface area contributed by atoms with Gasteiger partial charge in [-0.3, -0.25) is 14.4 Å². The van der Waals surface area contributed by atoms with Gasteiger partial charge in [0.05, 0.1) is 22.9 Å². The highest BCUT2D eigenvalue weighted by molar-refractivity contribution is 7.92. The summed E-state index contributed by atoms with van der Waals surface area (Å²) >= 11 is 6.34. The number of amides is 1. The van der Waals surface area contributed by atoms with Crippen LogP contribution in [0.25, 0.3) is 0 Å². The molecular formula is C20H19ClN4O5S. The Labute approximate surface area is 184 Å². The lowest BCUT2D eigenvalue weighted by atomic mass is 10.1. The minimum absolute atomic E-state index is 0.0388. The molecule has 3 aromatic rings. The van der Waals surface area contributed by atoms with Crippen molar-refractivity contribution in [2.75, 3.05) is 16.2 Å². The smallest absolute Gasteiger partial charge is 0.265 e. The van der Waals surface area contributed by atoms with Gasteiger partial charge in [0.25, 0.3) is 15.9 Å². The Morgan fingerprint density at radius 2 is 2.03 bits per heavy atom. The fourth-order valence-electron chi connectivity index (χ4n) is 3.26. The molecule has 0 aliphatic carbocycles. The van der Waals surface area contributed by atoms with Crippen LogP contribution in [0.4, 0.5) is 11.4 Å². The third kappa shape index (κ3) is 4.21. The number of carbonyl (C=O) groups is 1. The lowest BCUT2D eigenvalue weighted by Gasteiger charge is -2.29. The quantitative estimate of drug-likeness (QED) is 0.597. The number of halogens is 1. The van der Waals surface area contributed by atoms with Crippen LogP contribution < -0.4 is 14.4 Å². The van der Waals surface area contributed by atoms with Crippen LogP contribution in [0.15, 0.2) is 45.8 Å². The number of para-hydroxylation sites is 1. The molecule has 9 nitrogen and oxygen atoms in total. The molecule has 1 aliphatic heterocycles. The van der Waals surface area contributed by atoms with E-state index in [1.807, 2.05) is 19.1 Å². The first-order chi connectivity index (χ1) is 14.8. The fourth-order valence-corrected chi connectivity index (χ4v) is 4.90.